The number of fused-ring (bicyclic) bond motifs is 1. The summed E-state index contributed by atoms with van der Waals surface area (Å²) in [6.45, 7) is 7.28. The molecule has 0 amide bonds. The molecule has 0 saturated heterocycles. The average Bonchev–Trinajstić information content (AvgIpc) is 2.39. The molecule has 5 unspecified atom stereocenters. The van der Waals surface area contributed by atoms with Crippen molar-refractivity contribution >= 4 is 0 Å². The van der Waals surface area contributed by atoms with Gasteiger partial charge in [-0.2, -0.15) is 0 Å². The highest BCUT2D eigenvalue weighted by Gasteiger charge is 2.51. The minimum Gasteiger partial charge on any atom is -0.0654 e. The first-order chi connectivity index (χ1) is 5.75. The molecule has 0 N–H and O–H groups in total. The summed E-state index contributed by atoms with van der Waals surface area (Å²) in [5.74, 6) is 5.44. The Bertz CT molecular complexity index is 159. The van der Waals surface area contributed by atoms with Gasteiger partial charge in [-0.05, 0) is 36.0 Å². The van der Waals surface area contributed by atoms with Crippen LogP contribution in [0.15, 0.2) is 0 Å². The monoisotopic (exact) mass is 166 g/mol. The van der Waals surface area contributed by atoms with Crippen molar-refractivity contribution < 1.29 is 0 Å². The predicted octanol–water partition coefficient (Wildman–Crippen LogP) is 3.71. The van der Waals surface area contributed by atoms with Gasteiger partial charge in [0.2, 0.25) is 0 Å². The van der Waals surface area contributed by atoms with Crippen molar-refractivity contribution in [1.29, 1.82) is 0 Å². The fraction of sp³-hybridized carbons (Fsp3) is 1.00. The maximum absolute atomic E-state index is 2.49. The van der Waals surface area contributed by atoms with Crippen LogP contribution in [0.3, 0.4) is 0 Å². The first kappa shape index (κ1) is 8.59. The molecule has 0 aliphatic heterocycles. The minimum absolute atomic E-state index is 1.04. The van der Waals surface area contributed by atoms with Crippen LogP contribution in [0.1, 0.15) is 46.5 Å². The molecule has 2 fully saturated rings. The van der Waals surface area contributed by atoms with E-state index in [9.17, 15) is 0 Å². The van der Waals surface area contributed by atoms with Crippen LogP contribution in [0.5, 0.6) is 0 Å². The van der Waals surface area contributed by atoms with E-state index in [-0.39, 0.29) is 0 Å². The van der Waals surface area contributed by atoms with E-state index in [4.69, 9.17) is 0 Å². The van der Waals surface area contributed by atoms with Gasteiger partial charge in [0, 0.05) is 0 Å². The topological polar surface area (TPSA) is 0 Å². The summed E-state index contributed by atoms with van der Waals surface area (Å²) in [5, 5.41) is 0. The van der Waals surface area contributed by atoms with Gasteiger partial charge in [-0.3, -0.25) is 0 Å². The molecule has 12 heavy (non-hydrogen) atoms. The molecule has 0 spiro atoms. The summed E-state index contributed by atoms with van der Waals surface area (Å²) < 4.78 is 0. The van der Waals surface area contributed by atoms with Crippen molar-refractivity contribution in [3.8, 4) is 0 Å². The Kier molecular flexibility index (Phi) is 2.18. The standard InChI is InChI=1S/C12H22/c1-4-5-10-9(3)12-8(2)6-7-11(10)12/h8-12H,4-7H2,1-3H3. The van der Waals surface area contributed by atoms with Crippen LogP contribution < -0.4 is 0 Å². The third-order valence-corrected chi connectivity index (χ3v) is 4.56. The lowest BCUT2D eigenvalue weighted by Crippen LogP contribution is -2.43. The quantitative estimate of drug-likeness (QED) is 0.586. The fourth-order valence-electron chi connectivity index (χ4n) is 4.01. The fourth-order valence-corrected chi connectivity index (χ4v) is 4.01. The molecule has 0 heteroatoms. The lowest BCUT2D eigenvalue weighted by Gasteiger charge is -2.49. The highest BCUT2D eigenvalue weighted by Crippen LogP contribution is 2.58. The van der Waals surface area contributed by atoms with Gasteiger partial charge in [0.25, 0.3) is 0 Å². The highest BCUT2D eigenvalue weighted by molar-refractivity contribution is 5.00. The second kappa shape index (κ2) is 3.05. The summed E-state index contributed by atoms with van der Waals surface area (Å²) in [6, 6.07) is 0. The van der Waals surface area contributed by atoms with Gasteiger partial charge >= 0.3 is 0 Å². The van der Waals surface area contributed by atoms with Crippen LogP contribution in [0.4, 0.5) is 0 Å². The van der Waals surface area contributed by atoms with Crippen LogP contribution in [0.2, 0.25) is 0 Å². The molecule has 2 aliphatic carbocycles. The zero-order valence-electron chi connectivity index (χ0n) is 8.72. The highest BCUT2D eigenvalue weighted by atomic mass is 14.6. The molecule has 0 aromatic rings. The van der Waals surface area contributed by atoms with Crippen LogP contribution >= 0.6 is 0 Å². The lowest BCUT2D eigenvalue weighted by molar-refractivity contribution is -0.0110. The minimum atomic E-state index is 1.04. The molecule has 0 heterocycles. The summed E-state index contributed by atoms with van der Waals surface area (Å²) in [4.78, 5) is 0. The smallest absolute Gasteiger partial charge is 0.0329 e. The molecule has 5 atom stereocenters. The Labute approximate surface area is 76.7 Å². The van der Waals surface area contributed by atoms with Crippen molar-refractivity contribution in [2.45, 2.75) is 46.5 Å². The van der Waals surface area contributed by atoms with E-state index in [0.29, 0.717) is 0 Å². The summed E-state index contributed by atoms with van der Waals surface area (Å²) in [7, 11) is 0. The Morgan fingerprint density at radius 3 is 2.58 bits per heavy atom. The molecule has 0 aromatic carbocycles. The maximum Gasteiger partial charge on any atom is -0.0329 e. The second-order valence-corrected chi connectivity index (χ2v) is 5.11. The van der Waals surface area contributed by atoms with E-state index in [1.165, 1.54) is 19.3 Å². The Morgan fingerprint density at radius 2 is 1.92 bits per heavy atom. The molecule has 2 rings (SSSR count). The number of hydrogen-bond donors (Lipinski definition) is 0. The Hall–Kier alpha value is 0. The van der Waals surface area contributed by atoms with E-state index >= 15 is 0 Å². The summed E-state index contributed by atoms with van der Waals surface area (Å²) in [5.41, 5.74) is 0. The van der Waals surface area contributed by atoms with Crippen molar-refractivity contribution in [2.24, 2.45) is 29.6 Å². The molecule has 0 radical (unpaired) electrons. The molecular weight excluding hydrogens is 144 g/mol. The summed E-state index contributed by atoms with van der Waals surface area (Å²) >= 11 is 0. The molecule has 2 saturated carbocycles. The van der Waals surface area contributed by atoms with Gasteiger partial charge < -0.3 is 0 Å². The Morgan fingerprint density at radius 1 is 1.17 bits per heavy atom. The third-order valence-electron chi connectivity index (χ3n) is 4.56. The zero-order chi connectivity index (χ0) is 8.72. The van der Waals surface area contributed by atoms with E-state index in [2.05, 4.69) is 20.8 Å². The van der Waals surface area contributed by atoms with E-state index in [0.717, 1.165) is 29.6 Å². The zero-order valence-corrected chi connectivity index (χ0v) is 8.72. The molecule has 0 nitrogen and oxygen atoms in total. The molecule has 70 valence electrons. The van der Waals surface area contributed by atoms with E-state index in [1.54, 1.807) is 6.42 Å². The molecule has 0 aromatic heterocycles. The molecule has 0 bridgehead atoms. The first-order valence-corrected chi connectivity index (χ1v) is 5.75. The van der Waals surface area contributed by atoms with Crippen molar-refractivity contribution in [3.63, 3.8) is 0 Å². The van der Waals surface area contributed by atoms with Crippen molar-refractivity contribution in [2.75, 3.05) is 0 Å². The molecular formula is C12H22. The first-order valence-electron chi connectivity index (χ1n) is 5.75. The van der Waals surface area contributed by atoms with Crippen LogP contribution in [-0.4, -0.2) is 0 Å². The number of hydrogen-bond acceptors (Lipinski definition) is 0. The van der Waals surface area contributed by atoms with Gasteiger partial charge in [-0.15, -0.1) is 0 Å². The number of rotatable bonds is 2. The van der Waals surface area contributed by atoms with E-state index < -0.39 is 0 Å². The van der Waals surface area contributed by atoms with Gasteiger partial charge in [-0.1, -0.05) is 40.0 Å². The van der Waals surface area contributed by atoms with Crippen molar-refractivity contribution in [3.05, 3.63) is 0 Å². The molecule has 2 aliphatic rings. The second-order valence-electron chi connectivity index (χ2n) is 5.11. The predicted molar refractivity (Wildman–Crippen MR) is 52.9 cm³/mol. The van der Waals surface area contributed by atoms with Crippen LogP contribution in [-0.2, 0) is 0 Å². The maximum atomic E-state index is 2.49. The van der Waals surface area contributed by atoms with Crippen LogP contribution in [0.25, 0.3) is 0 Å². The largest absolute Gasteiger partial charge is 0.0654 e. The van der Waals surface area contributed by atoms with Crippen LogP contribution in [0, 0.1) is 29.6 Å². The van der Waals surface area contributed by atoms with Gasteiger partial charge in [0.05, 0.1) is 0 Å². The SMILES string of the molecule is CCCC1C(C)C2C(C)CCC12. The van der Waals surface area contributed by atoms with Gasteiger partial charge in [0.1, 0.15) is 0 Å². The Balaban J connectivity index is 1.97. The summed E-state index contributed by atoms with van der Waals surface area (Å²) in [6.07, 6.45) is 5.95. The van der Waals surface area contributed by atoms with Crippen molar-refractivity contribution in [1.82, 2.24) is 0 Å². The average molecular weight is 166 g/mol. The van der Waals surface area contributed by atoms with E-state index in [1.807, 2.05) is 0 Å². The van der Waals surface area contributed by atoms with Gasteiger partial charge in [0.15, 0.2) is 0 Å². The normalized spacial score (nSPS) is 51.8. The third kappa shape index (κ3) is 1.03. The van der Waals surface area contributed by atoms with Gasteiger partial charge in [-0.25, -0.2) is 0 Å². The lowest BCUT2D eigenvalue weighted by atomic mass is 9.56.